The number of carbonyl (C=O) groups excluding carboxylic acids is 2. The van der Waals surface area contributed by atoms with E-state index in [4.69, 9.17) is 24.7 Å². The van der Waals surface area contributed by atoms with Crippen LogP contribution in [-0.2, 0) is 19.1 Å². The zero-order chi connectivity index (χ0) is 22.9. The summed E-state index contributed by atoms with van der Waals surface area (Å²) in [6.45, 7) is 8.18. The molecule has 2 N–H and O–H groups in total. The molecule has 0 radical (unpaired) electrons. The van der Waals surface area contributed by atoms with Crippen LogP contribution in [0.5, 0.6) is 11.5 Å². The summed E-state index contributed by atoms with van der Waals surface area (Å²) < 4.78 is 22.9. The molecule has 31 heavy (non-hydrogen) atoms. The van der Waals surface area contributed by atoms with Crippen molar-refractivity contribution < 1.29 is 28.5 Å². The molecule has 0 saturated carbocycles. The number of allylic oxidation sites excluding steroid dienone is 2. The molecule has 1 aliphatic heterocycles. The van der Waals surface area contributed by atoms with Crippen molar-refractivity contribution in [3.05, 3.63) is 45.0 Å². The Hall–Kier alpha value is -2.48. The van der Waals surface area contributed by atoms with Crippen LogP contribution in [-0.4, -0.2) is 32.1 Å². The third-order valence-electron chi connectivity index (χ3n) is 5.32. The molecule has 7 nitrogen and oxygen atoms in total. The highest BCUT2D eigenvalue weighted by atomic mass is 79.9. The highest BCUT2D eigenvalue weighted by molar-refractivity contribution is 9.10. The topological polar surface area (TPSA) is 97.1 Å². The summed E-state index contributed by atoms with van der Waals surface area (Å²) in [7, 11) is 1.55. The fourth-order valence-corrected chi connectivity index (χ4v) is 4.76. The number of nitrogens with two attached hydrogens (primary N) is 1. The molecule has 0 spiro atoms. The second-order valence-electron chi connectivity index (χ2n) is 8.28. The highest BCUT2D eigenvalue weighted by Crippen LogP contribution is 2.50. The van der Waals surface area contributed by atoms with Crippen LogP contribution in [0.25, 0.3) is 0 Å². The zero-order valence-electron chi connectivity index (χ0n) is 18.5. The first-order valence-corrected chi connectivity index (χ1v) is 11.0. The van der Waals surface area contributed by atoms with Crippen molar-refractivity contribution in [2.75, 3.05) is 20.3 Å². The Balaban J connectivity index is 2.25. The molecule has 0 amide bonds. The summed E-state index contributed by atoms with van der Waals surface area (Å²) in [5.41, 5.74) is 7.17. The maximum absolute atomic E-state index is 13.3. The van der Waals surface area contributed by atoms with E-state index < -0.39 is 11.9 Å². The van der Waals surface area contributed by atoms with Crippen molar-refractivity contribution in [2.24, 2.45) is 11.1 Å². The minimum absolute atomic E-state index is 0.0439. The van der Waals surface area contributed by atoms with Crippen molar-refractivity contribution in [3.8, 4) is 11.5 Å². The predicted molar refractivity (Wildman–Crippen MR) is 119 cm³/mol. The first-order chi connectivity index (χ1) is 14.6. The molecule has 8 heteroatoms. The van der Waals surface area contributed by atoms with Crippen LogP contribution in [0.4, 0.5) is 0 Å². The van der Waals surface area contributed by atoms with Crippen molar-refractivity contribution in [1.82, 2.24) is 0 Å². The average molecular weight is 494 g/mol. The van der Waals surface area contributed by atoms with Crippen LogP contribution in [0.15, 0.2) is 39.4 Å². The molecule has 0 aromatic heterocycles. The number of halogens is 1. The number of ether oxygens (including phenoxy) is 4. The van der Waals surface area contributed by atoms with Crippen LogP contribution in [0.1, 0.15) is 52.0 Å². The molecule has 0 bridgehead atoms. The van der Waals surface area contributed by atoms with Gasteiger partial charge < -0.3 is 24.7 Å². The fraction of sp³-hybridized carbons (Fsp3) is 0.478. The largest absolute Gasteiger partial charge is 0.492 e. The summed E-state index contributed by atoms with van der Waals surface area (Å²) in [4.78, 5) is 26.1. The molecule has 1 unspecified atom stereocenters. The lowest BCUT2D eigenvalue weighted by Crippen LogP contribution is -2.35. The lowest BCUT2D eigenvalue weighted by Gasteiger charge is -2.38. The van der Waals surface area contributed by atoms with Gasteiger partial charge in [-0.1, -0.05) is 13.8 Å². The molecule has 1 aromatic carbocycles. The Morgan fingerprint density at radius 2 is 1.97 bits per heavy atom. The summed E-state index contributed by atoms with van der Waals surface area (Å²) in [6, 6.07) is 3.58. The highest BCUT2D eigenvalue weighted by Gasteiger charge is 2.45. The SMILES string of the molecule is CCOC(=O)C1=C(N)OC2=C(C(=O)CC(C)(C)C2)C1c1cc(Br)c(OC)c(OCC)c1. The number of carbonyl (C=O) groups is 2. The summed E-state index contributed by atoms with van der Waals surface area (Å²) in [6.07, 6.45) is 0.883. The lowest BCUT2D eigenvalue weighted by molar-refractivity contribution is -0.139. The minimum atomic E-state index is -0.729. The average Bonchev–Trinajstić information content (AvgIpc) is 2.66. The predicted octanol–water partition coefficient (Wildman–Crippen LogP) is 4.35. The number of esters is 1. The van der Waals surface area contributed by atoms with Gasteiger partial charge in [0.25, 0.3) is 0 Å². The number of ketones is 1. The summed E-state index contributed by atoms with van der Waals surface area (Å²) >= 11 is 3.52. The van der Waals surface area contributed by atoms with Gasteiger partial charge in [0.1, 0.15) is 11.3 Å². The smallest absolute Gasteiger partial charge is 0.340 e. The van der Waals surface area contributed by atoms with Gasteiger partial charge in [-0.2, -0.15) is 0 Å². The van der Waals surface area contributed by atoms with Gasteiger partial charge in [0.2, 0.25) is 5.88 Å². The first-order valence-electron chi connectivity index (χ1n) is 10.2. The maximum atomic E-state index is 13.3. The van der Waals surface area contributed by atoms with Crippen LogP contribution in [0.3, 0.4) is 0 Å². The quantitative estimate of drug-likeness (QED) is 0.588. The lowest BCUT2D eigenvalue weighted by atomic mass is 9.70. The van der Waals surface area contributed by atoms with E-state index in [0.717, 1.165) is 0 Å². The monoisotopic (exact) mass is 493 g/mol. The van der Waals surface area contributed by atoms with Gasteiger partial charge in [-0.25, -0.2) is 4.79 Å². The van der Waals surface area contributed by atoms with Gasteiger partial charge in [0, 0.05) is 18.4 Å². The Labute approximate surface area is 190 Å². The second-order valence-corrected chi connectivity index (χ2v) is 9.13. The molecular weight excluding hydrogens is 466 g/mol. The molecule has 1 aliphatic carbocycles. The second kappa shape index (κ2) is 8.94. The Kier molecular flexibility index (Phi) is 6.69. The molecule has 1 aromatic rings. The third-order valence-corrected chi connectivity index (χ3v) is 5.91. The first kappa shape index (κ1) is 23.2. The number of benzene rings is 1. The van der Waals surface area contributed by atoms with Gasteiger partial charge in [0.05, 0.1) is 30.7 Å². The van der Waals surface area contributed by atoms with E-state index in [1.165, 1.54) is 0 Å². The van der Waals surface area contributed by atoms with E-state index in [1.807, 2.05) is 26.8 Å². The Morgan fingerprint density at radius 1 is 1.26 bits per heavy atom. The van der Waals surface area contributed by atoms with Crippen LogP contribution >= 0.6 is 15.9 Å². The van der Waals surface area contributed by atoms with E-state index >= 15 is 0 Å². The molecule has 0 saturated heterocycles. The minimum Gasteiger partial charge on any atom is -0.492 e. The fourth-order valence-electron chi connectivity index (χ4n) is 4.14. The normalized spacial score (nSPS) is 20.2. The van der Waals surface area contributed by atoms with Crippen molar-refractivity contribution in [1.29, 1.82) is 0 Å². The summed E-state index contributed by atoms with van der Waals surface area (Å²) in [5, 5.41) is 0. The van der Waals surface area contributed by atoms with Crippen molar-refractivity contribution >= 4 is 27.7 Å². The number of hydrogen-bond acceptors (Lipinski definition) is 7. The number of hydrogen-bond donors (Lipinski definition) is 1. The van der Waals surface area contributed by atoms with Crippen LogP contribution in [0, 0.1) is 5.41 Å². The van der Waals surface area contributed by atoms with Crippen LogP contribution in [0.2, 0.25) is 0 Å². The molecule has 1 atom stereocenters. The van der Waals surface area contributed by atoms with E-state index in [1.54, 1.807) is 20.1 Å². The van der Waals surface area contributed by atoms with E-state index in [0.29, 0.717) is 52.3 Å². The Morgan fingerprint density at radius 3 is 2.58 bits per heavy atom. The van der Waals surface area contributed by atoms with Crippen molar-refractivity contribution in [3.63, 3.8) is 0 Å². The molecule has 0 fully saturated rings. The number of methoxy groups -OCH3 is 1. The van der Waals surface area contributed by atoms with Crippen LogP contribution < -0.4 is 15.2 Å². The number of Topliss-reactive ketones (excluding diaryl/α,β-unsaturated/α-hetero) is 1. The molecule has 3 rings (SSSR count). The van der Waals surface area contributed by atoms with Gasteiger partial charge in [0.15, 0.2) is 17.3 Å². The van der Waals surface area contributed by atoms with E-state index in [2.05, 4.69) is 15.9 Å². The Bertz CT molecular complexity index is 979. The standard InChI is InChI=1S/C23H28BrNO6/c1-6-29-15-9-12(8-13(24)20(15)28-5)17-18-14(26)10-23(3,4)11-16(18)31-21(25)19(17)22(27)30-7-2/h8-9,17H,6-7,10-11,25H2,1-5H3. The maximum Gasteiger partial charge on any atom is 0.340 e. The molecule has 1 heterocycles. The van der Waals surface area contributed by atoms with E-state index in [9.17, 15) is 9.59 Å². The van der Waals surface area contributed by atoms with Crippen molar-refractivity contribution in [2.45, 2.75) is 46.5 Å². The van der Waals surface area contributed by atoms with Gasteiger partial charge in [-0.05, 0) is 52.9 Å². The van der Waals surface area contributed by atoms with Gasteiger partial charge >= 0.3 is 5.97 Å². The summed E-state index contributed by atoms with van der Waals surface area (Å²) in [5.74, 6) is 0.0626. The molecular formula is C23H28BrNO6. The number of rotatable bonds is 6. The zero-order valence-corrected chi connectivity index (χ0v) is 20.1. The van der Waals surface area contributed by atoms with Gasteiger partial charge in [-0.3, -0.25) is 4.79 Å². The van der Waals surface area contributed by atoms with Gasteiger partial charge in [-0.15, -0.1) is 0 Å². The molecule has 168 valence electrons. The van der Waals surface area contributed by atoms with E-state index in [-0.39, 0.29) is 29.3 Å². The molecule has 2 aliphatic rings. The third kappa shape index (κ3) is 4.44.